The molecule has 98 valence electrons. The number of nitrogens with two attached hydrogens (primary N) is 1. The first-order valence-electron chi connectivity index (χ1n) is 6.10. The van der Waals surface area contributed by atoms with Crippen LogP contribution >= 0.6 is 0 Å². The lowest BCUT2D eigenvalue weighted by Gasteiger charge is -2.21. The minimum Gasteiger partial charge on any atom is -0.373 e. The number of primary amides is 1. The fourth-order valence-corrected chi connectivity index (χ4v) is 2.35. The second-order valence-corrected chi connectivity index (χ2v) is 4.65. The molecule has 1 unspecified atom stereocenters. The number of hydrogen-bond acceptors (Lipinski definition) is 5. The van der Waals surface area contributed by atoms with Crippen molar-refractivity contribution in [3.63, 3.8) is 0 Å². The van der Waals surface area contributed by atoms with Gasteiger partial charge in [0.05, 0.1) is 5.92 Å². The van der Waals surface area contributed by atoms with E-state index in [1.54, 1.807) is 0 Å². The van der Waals surface area contributed by atoms with Gasteiger partial charge in [-0.1, -0.05) is 0 Å². The number of nitrogens with zero attached hydrogens (tertiary/aromatic N) is 3. The van der Waals surface area contributed by atoms with Crippen LogP contribution in [0.25, 0.3) is 0 Å². The molecule has 18 heavy (non-hydrogen) atoms. The standard InChI is InChI=1S/C12H19N5O/c1-7-11(14-3)15-8(2)16-12(7)17-5-4-9(6-17)10(13)18/h9H,4-6H2,1-3H3,(H2,13,18)(H,14,15,16). The zero-order valence-electron chi connectivity index (χ0n) is 11.0. The Morgan fingerprint density at radius 1 is 1.44 bits per heavy atom. The fraction of sp³-hybridized carbons (Fsp3) is 0.583. The lowest BCUT2D eigenvalue weighted by atomic mass is 10.1. The number of nitrogens with one attached hydrogen (secondary N) is 1. The van der Waals surface area contributed by atoms with Crippen LogP contribution in [0.2, 0.25) is 0 Å². The van der Waals surface area contributed by atoms with Crippen LogP contribution in [-0.4, -0.2) is 36.0 Å². The van der Waals surface area contributed by atoms with Gasteiger partial charge in [0, 0.05) is 25.7 Å². The molecule has 1 fully saturated rings. The Bertz CT molecular complexity index is 474. The van der Waals surface area contributed by atoms with E-state index in [0.717, 1.165) is 36.0 Å². The Morgan fingerprint density at radius 3 is 2.72 bits per heavy atom. The highest BCUT2D eigenvalue weighted by Crippen LogP contribution is 2.28. The number of anilines is 2. The number of aryl methyl sites for hydroxylation is 1. The summed E-state index contributed by atoms with van der Waals surface area (Å²) in [4.78, 5) is 22.1. The molecular formula is C12H19N5O. The highest BCUT2D eigenvalue weighted by Gasteiger charge is 2.28. The van der Waals surface area contributed by atoms with Crippen LogP contribution in [0.1, 0.15) is 17.8 Å². The first-order chi connectivity index (χ1) is 8.52. The Hall–Kier alpha value is -1.85. The van der Waals surface area contributed by atoms with E-state index in [1.165, 1.54) is 0 Å². The van der Waals surface area contributed by atoms with Gasteiger partial charge in [-0.15, -0.1) is 0 Å². The van der Waals surface area contributed by atoms with Gasteiger partial charge in [-0.05, 0) is 20.3 Å². The molecule has 0 bridgehead atoms. The molecule has 1 aromatic rings. The number of rotatable bonds is 3. The van der Waals surface area contributed by atoms with Crippen molar-refractivity contribution in [2.24, 2.45) is 11.7 Å². The molecule has 1 aliphatic rings. The van der Waals surface area contributed by atoms with Gasteiger partial charge in [0.2, 0.25) is 5.91 Å². The van der Waals surface area contributed by atoms with Gasteiger partial charge < -0.3 is 16.0 Å². The molecule has 0 radical (unpaired) electrons. The summed E-state index contributed by atoms with van der Waals surface area (Å²) in [6.07, 6.45) is 0.798. The van der Waals surface area contributed by atoms with Crippen LogP contribution in [0.3, 0.4) is 0 Å². The van der Waals surface area contributed by atoms with Gasteiger partial charge in [0.15, 0.2) is 0 Å². The average molecular weight is 249 g/mol. The van der Waals surface area contributed by atoms with Crippen LogP contribution in [0.4, 0.5) is 11.6 Å². The van der Waals surface area contributed by atoms with Gasteiger partial charge in [-0.3, -0.25) is 4.79 Å². The molecule has 1 amide bonds. The normalized spacial score (nSPS) is 19.1. The molecule has 0 saturated carbocycles. The van der Waals surface area contributed by atoms with Crippen LogP contribution in [0.5, 0.6) is 0 Å². The molecule has 0 aromatic carbocycles. The lowest BCUT2D eigenvalue weighted by Crippen LogP contribution is -2.28. The highest BCUT2D eigenvalue weighted by molar-refractivity contribution is 5.78. The first kappa shape index (κ1) is 12.6. The van der Waals surface area contributed by atoms with Crippen LogP contribution in [-0.2, 0) is 4.79 Å². The maximum Gasteiger partial charge on any atom is 0.222 e. The summed E-state index contributed by atoms with van der Waals surface area (Å²) >= 11 is 0. The van der Waals surface area contributed by atoms with E-state index in [0.29, 0.717) is 6.54 Å². The molecule has 1 aliphatic heterocycles. The Kier molecular flexibility index (Phi) is 3.36. The van der Waals surface area contributed by atoms with Crippen molar-refractivity contribution in [1.82, 2.24) is 9.97 Å². The monoisotopic (exact) mass is 249 g/mol. The number of amides is 1. The highest BCUT2D eigenvalue weighted by atomic mass is 16.1. The van der Waals surface area contributed by atoms with E-state index >= 15 is 0 Å². The van der Waals surface area contributed by atoms with Crippen molar-refractivity contribution >= 4 is 17.5 Å². The molecule has 1 atom stereocenters. The first-order valence-corrected chi connectivity index (χ1v) is 6.10. The van der Waals surface area contributed by atoms with Crippen molar-refractivity contribution in [3.8, 4) is 0 Å². The predicted molar refractivity (Wildman–Crippen MR) is 70.6 cm³/mol. The molecule has 2 rings (SSSR count). The predicted octanol–water partition coefficient (Wildman–Crippen LogP) is 0.447. The molecule has 6 heteroatoms. The van der Waals surface area contributed by atoms with Crippen molar-refractivity contribution in [2.75, 3.05) is 30.4 Å². The van der Waals surface area contributed by atoms with Gasteiger partial charge >= 0.3 is 0 Å². The molecule has 0 spiro atoms. The molecule has 1 saturated heterocycles. The summed E-state index contributed by atoms with van der Waals surface area (Å²) in [5.41, 5.74) is 6.36. The van der Waals surface area contributed by atoms with E-state index in [9.17, 15) is 4.79 Å². The van der Waals surface area contributed by atoms with E-state index in [-0.39, 0.29) is 11.8 Å². The molecule has 3 N–H and O–H groups in total. The van der Waals surface area contributed by atoms with Crippen molar-refractivity contribution in [2.45, 2.75) is 20.3 Å². The SMILES string of the molecule is CNc1nc(C)nc(N2CCC(C(N)=O)C2)c1C. The van der Waals surface area contributed by atoms with Crippen molar-refractivity contribution < 1.29 is 4.79 Å². The van der Waals surface area contributed by atoms with Gasteiger partial charge in [0.1, 0.15) is 17.5 Å². The minimum atomic E-state index is -0.227. The lowest BCUT2D eigenvalue weighted by molar-refractivity contribution is -0.121. The Labute approximate surface area is 107 Å². The molecule has 2 heterocycles. The van der Waals surface area contributed by atoms with Crippen molar-refractivity contribution in [3.05, 3.63) is 11.4 Å². The topological polar surface area (TPSA) is 84.1 Å². The quantitative estimate of drug-likeness (QED) is 0.812. The maximum absolute atomic E-state index is 11.2. The number of hydrogen-bond donors (Lipinski definition) is 2. The Morgan fingerprint density at radius 2 is 2.17 bits per heavy atom. The number of carbonyl (C=O) groups is 1. The third-order valence-corrected chi connectivity index (χ3v) is 3.36. The minimum absolute atomic E-state index is 0.0716. The summed E-state index contributed by atoms with van der Waals surface area (Å²) in [7, 11) is 1.84. The van der Waals surface area contributed by atoms with Gasteiger partial charge in [-0.25, -0.2) is 9.97 Å². The van der Waals surface area contributed by atoms with E-state index in [1.807, 2.05) is 20.9 Å². The largest absolute Gasteiger partial charge is 0.373 e. The van der Waals surface area contributed by atoms with Crippen LogP contribution < -0.4 is 16.0 Å². The molecule has 0 aliphatic carbocycles. The third-order valence-electron chi connectivity index (χ3n) is 3.36. The second kappa shape index (κ2) is 4.80. The summed E-state index contributed by atoms with van der Waals surface area (Å²) in [6.45, 7) is 5.31. The Balaban J connectivity index is 2.29. The zero-order valence-corrected chi connectivity index (χ0v) is 11.0. The van der Waals surface area contributed by atoms with Crippen LogP contribution in [0.15, 0.2) is 0 Å². The molecular weight excluding hydrogens is 230 g/mol. The number of carbonyl (C=O) groups excluding carboxylic acids is 1. The van der Waals surface area contributed by atoms with Crippen molar-refractivity contribution in [1.29, 1.82) is 0 Å². The maximum atomic E-state index is 11.2. The zero-order chi connectivity index (χ0) is 13.3. The van der Waals surface area contributed by atoms with E-state index < -0.39 is 0 Å². The molecule has 6 nitrogen and oxygen atoms in total. The van der Waals surface area contributed by atoms with E-state index in [4.69, 9.17) is 5.73 Å². The molecule has 1 aromatic heterocycles. The summed E-state index contributed by atoms with van der Waals surface area (Å²) in [5.74, 6) is 2.16. The van der Waals surface area contributed by atoms with Gasteiger partial charge in [-0.2, -0.15) is 0 Å². The summed E-state index contributed by atoms with van der Waals surface area (Å²) < 4.78 is 0. The third kappa shape index (κ3) is 2.23. The summed E-state index contributed by atoms with van der Waals surface area (Å²) in [6, 6.07) is 0. The fourth-order valence-electron chi connectivity index (χ4n) is 2.35. The number of aromatic nitrogens is 2. The second-order valence-electron chi connectivity index (χ2n) is 4.65. The van der Waals surface area contributed by atoms with Gasteiger partial charge in [0.25, 0.3) is 0 Å². The summed E-state index contributed by atoms with van der Waals surface area (Å²) in [5, 5.41) is 3.06. The smallest absolute Gasteiger partial charge is 0.222 e. The van der Waals surface area contributed by atoms with Crippen LogP contribution in [0, 0.1) is 19.8 Å². The average Bonchev–Trinajstić information content (AvgIpc) is 2.81. The van der Waals surface area contributed by atoms with E-state index in [2.05, 4.69) is 20.2 Å².